The van der Waals surface area contributed by atoms with Crippen LogP contribution in [0.15, 0.2) is 40.1 Å². The summed E-state index contributed by atoms with van der Waals surface area (Å²) in [6.07, 6.45) is 2.13. The standard InChI is InChI=1S/C13H12O3/c1-3-4-10-11(14)7-8(2)9-5-6-12(15)16-13(9)10/h3,5-7,14H,1,4H2,2H3. The van der Waals surface area contributed by atoms with Gasteiger partial charge in [0.1, 0.15) is 11.3 Å². The lowest BCUT2D eigenvalue weighted by Crippen LogP contribution is -1.98. The van der Waals surface area contributed by atoms with Gasteiger partial charge in [0, 0.05) is 17.0 Å². The van der Waals surface area contributed by atoms with Gasteiger partial charge < -0.3 is 9.52 Å². The molecule has 1 N–H and O–H groups in total. The zero-order valence-electron chi connectivity index (χ0n) is 8.99. The van der Waals surface area contributed by atoms with Crippen LogP contribution in [0.1, 0.15) is 11.1 Å². The van der Waals surface area contributed by atoms with Gasteiger partial charge in [-0.1, -0.05) is 6.08 Å². The van der Waals surface area contributed by atoms with Crippen molar-refractivity contribution < 1.29 is 9.52 Å². The summed E-state index contributed by atoms with van der Waals surface area (Å²) in [6.45, 7) is 5.48. The maximum Gasteiger partial charge on any atom is 0.336 e. The van der Waals surface area contributed by atoms with Crippen molar-refractivity contribution in [2.24, 2.45) is 0 Å². The van der Waals surface area contributed by atoms with Crippen LogP contribution >= 0.6 is 0 Å². The average Bonchev–Trinajstić information content (AvgIpc) is 2.23. The van der Waals surface area contributed by atoms with Gasteiger partial charge in [-0.05, 0) is 31.0 Å². The molecule has 0 unspecified atom stereocenters. The van der Waals surface area contributed by atoms with Crippen molar-refractivity contribution in [2.75, 3.05) is 0 Å². The van der Waals surface area contributed by atoms with Crippen LogP contribution in [0, 0.1) is 6.92 Å². The van der Waals surface area contributed by atoms with Gasteiger partial charge in [-0.2, -0.15) is 0 Å². The van der Waals surface area contributed by atoms with Gasteiger partial charge in [-0.15, -0.1) is 6.58 Å². The predicted octanol–water partition coefficient (Wildman–Crippen LogP) is 2.54. The minimum absolute atomic E-state index is 0.138. The highest BCUT2D eigenvalue weighted by molar-refractivity contribution is 5.85. The van der Waals surface area contributed by atoms with Crippen molar-refractivity contribution in [3.8, 4) is 5.75 Å². The second-order valence-corrected chi connectivity index (χ2v) is 3.68. The number of phenolic OH excluding ortho intramolecular Hbond substituents is 1. The van der Waals surface area contributed by atoms with Crippen LogP contribution in [0.2, 0.25) is 0 Å². The number of hydrogen-bond acceptors (Lipinski definition) is 3. The highest BCUT2D eigenvalue weighted by atomic mass is 16.4. The van der Waals surface area contributed by atoms with Crippen LogP contribution < -0.4 is 5.63 Å². The van der Waals surface area contributed by atoms with E-state index < -0.39 is 5.63 Å². The molecule has 3 heteroatoms. The van der Waals surface area contributed by atoms with E-state index in [1.807, 2.05) is 6.92 Å². The maximum atomic E-state index is 11.2. The van der Waals surface area contributed by atoms with Crippen molar-refractivity contribution in [2.45, 2.75) is 13.3 Å². The molecule has 0 spiro atoms. The first-order valence-corrected chi connectivity index (χ1v) is 4.99. The molecule has 0 saturated carbocycles. The lowest BCUT2D eigenvalue weighted by atomic mass is 10.0. The zero-order chi connectivity index (χ0) is 11.7. The topological polar surface area (TPSA) is 50.4 Å². The third kappa shape index (κ3) is 1.60. The molecule has 1 aromatic carbocycles. The fourth-order valence-electron chi connectivity index (χ4n) is 1.78. The molecule has 2 rings (SSSR count). The quantitative estimate of drug-likeness (QED) is 0.620. The fraction of sp³-hybridized carbons (Fsp3) is 0.154. The summed E-state index contributed by atoms with van der Waals surface area (Å²) in [5.74, 6) is 0.138. The van der Waals surface area contributed by atoms with Gasteiger partial charge in [0.15, 0.2) is 0 Å². The summed E-state index contributed by atoms with van der Waals surface area (Å²) in [4.78, 5) is 11.2. The zero-order valence-corrected chi connectivity index (χ0v) is 8.99. The van der Waals surface area contributed by atoms with Gasteiger partial charge in [0.2, 0.25) is 0 Å². The molecule has 0 aliphatic heterocycles. The van der Waals surface area contributed by atoms with E-state index in [0.717, 1.165) is 10.9 Å². The molecule has 1 heterocycles. The lowest BCUT2D eigenvalue weighted by molar-refractivity contribution is 0.466. The molecule has 2 aromatic rings. The number of allylic oxidation sites excluding steroid dienone is 1. The number of rotatable bonds is 2. The first kappa shape index (κ1) is 10.5. The van der Waals surface area contributed by atoms with E-state index in [9.17, 15) is 9.90 Å². The van der Waals surface area contributed by atoms with Gasteiger partial charge in [-0.25, -0.2) is 4.79 Å². The molecule has 82 valence electrons. The van der Waals surface area contributed by atoms with Crippen molar-refractivity contribution >= 4 is 11.0 Å². The Morgan fingerprint density at radius 1 is 1.50 bits per heavy atom. The molecule has 0 bridgehead atoms. The van der Waals surface area contributed by atoms with E-state index >= 15 is 0 Å². The Morgan fingerprint density at radius 3 is 2.94 bits per heavy atom. The van der Waals surface area contributed by atoms with Gasteiger partial charge in [0.25, 0.3) is 0 Å². The third-order valence-electron chi connectivity index (χ3n) is 2.54. The lowest BCUT2D eigenvalue weighted by Gasteiger charge is -2.07. The van der Waals surface area contributed by atoms with E-state index in [0.29, 0.717) is 17.6 Å². The van der Waals surface area contributed by atoms with Gasteiger partial charge in [-0.3, -0.25) is 0 Å². The first-order valence-electron chi connectivity index (χ1n) is 4.99. The molecular weight excluding hydrogens is 204 g/mol. The number of aryl methyl sites for hydroxylation is 1. The molecule has 0 saturated heterocycles. The minimum Gasteiger partial charge on any atom is -0.508 e. The summed E-state index contributed by atoms with van der Waals surface area (Å²) in [5, 5.41) is 10.6. The molecule has 0 amide bonds. The van der Waals surface area contributed by atoms with E-state index in [4.69, 9.17) is 4.42 Å². The first-order chi connectivity index (χ1) is 7.63. The van der Waals surface area contributed by atoms with Crippen LogP contribution in [0.25, 0.3) is 11.0 Å². The van der Waals surface area contributed by atoms with Gasteiger partial charge in [0.05, 0.1) is 0 Å². The molecule has 3 nitrogen and oxygen atoms in total. The summed E-state index contributed by atoms with van der Waals surface area (Å²) in [5.41, 5.74) is 1.52. The molecule has 0 radical (unpaired) electrons. The summed E-state index contributed by atoms with van der Waals surface area (Å²) < 4.78 is 5.14. The van der Waals surface area contributed by atoms with Crippen LogP contribution in [0.3, 0.4) is 0 Å². The second kappa shape index (κ2) is 3.85. The highest BCUT2D eigenvalue weighted by Gasteiger charge is 2.11. The van der Waals surface area contributed by atoms with Crippen molar-refractivity contribution in [3.63, 3.8) is 0 Å². The summed E-state index contributed by atoms with van der Waals surface area (Å²) >= 11 is 0. The largest absolute Gasteiger partial charge is 0.508 e. The maximum absolute atomic E-state index is 11.2. The SMILES string of the molecule is C=CCc1c(O)cc(C)c2ccc(=O)oc12. The highest BCUT2D eigenvalue weighted by Crippen LogP contribution is 2.29. The summed E-state index contributed by atoms with van der Waals surface area (Å²) in [6, 6.07) is 4.76. The van der Waals surface area contributed by atoms with E-state index in [1.165, 1.54) is 6.07 Å². The van der Waals surface area contributed by atoms with E-state index in [2.05, 4.69) is 6.58 Å². The predicted molar refractivity (Wildman–Crippen MR) is 62.8 cm³/mol. The third-order valence-corrected chi connectivity index (χ3v) is 2.54. The monoisotopic (exact) mass is 216 g/mol. The number of fused-ring (bicyclic) bond motifs is 1. The molecule has 1 aromatic heterocycles. The summed E-state index contributed by atoms with van der Waals surface area (Å²) in [7, 11) is 0. The van der Waals surface area contributed by atoms with Gasteiger partial charge >= 0.3 is 5.63 Å². The average molecular weight is 216 g/mol. The number of benzene rings is 1. The van der Waals surface area contributed by atoms with E-state index in [-0.39, 0.29) is 5.75 Å². The van der Waals surface area contributed by atoms with Crippen molar-refractivity contribution in [3.05, 3.63) is 52.4 Å². The van der Waals surface area contributed by atoms with Crippen LogP contribution in [-0.4, -0.2) is 5.11 Å². The smallest absolute Gasteiger partial charge is 0.336 e. The molecule has 0 fully saturated rings. The Bertz CT molecular complexity index is 608. The van der Waals surface area contributed by atoms with Crippen LogP contribution in [0.4, 0.5) is 0 Å². The molecule has 0 aliphatic carbocycles. The van der Waals surface area contributed by atoms with Crippen LogP contribution in [0.5, 0.6) is 5.75 Å². The van der Waals surface area contributed by atoms with E-state index in [1.54, 1.807) is 18.2 Å². The number of phenols is 1. The Labute approximate surface area is 92.6 Å². The molecule has 16 heavy (non-hydrogen) atoms. The normalized spacial score (nSPS) is 10.6. The second-order valence-electron chi connectivity index (χ2n) is 3.68. The fourth-order valence-corrected chi connectivity index (χ4v) is 1.78. The van der Waals surface area contributed by atoms with Crippen molar-refractivity contribution in [1.82, 2.24) is 0 Å². The Kier molecular flexibility index (Phi) is 2.52. The Balaban J connectivity index is 2.91. The molecular formula is C13H12O3. The molecule has 0 aliphatic rings. The minimum atomic E-state index is -0.414. The molecule has 0 atom stereocenters. The number of hydrogen-bond donors (Lipinski definition) is 1. The van der Waals surface area contributed by atoms with Crippen molar-refractivity contribution in [1.29, 1.82) is 0 Å². The number of aromatic hydroxyl groups is 1. The Morgan fingerprint density at radius 2 is 2.25 bits per heavy atom. The Hall–Kier alpha value is -2.03. The van der Waals surface area contributed by atoms with Crippen LogP contribution in [-0.2, 0) is 6.42 Å².